The summed E-state index contributed by atoms with van der Waals surface area (Å²) in [5.74, 6) is 0.195. The van der Waals surface area contributed by atoms with Gasteiger partial charge in [-0.3, -0.25) is 4.79 Å². The molecule has 0 saturated carbocycles. The molecule has 3 nitrogen and oxygen atoms in total. The molecular formula is C14H18BrClN2O. The predicted molar refractivity (Wildman–Crippen MR) is 81.5 cm³/mol. The van der Waals surface area contributed by atoms with Crippen molar-refractivity contribution < 1.29 is 4.79 Å². The first kappa shape index (κ1) is 14.8. The minimum absolute atomic E-state index is 0.195. The number of halogens is 2. The van der Waals surface area contributed by atoms with Gasteiger partial charge in [-0.25, -0.2) is 0 Å². The number of rotatable bonds is 4. The minimum Gasteiger partial charge on any atom is -0.341 e. The van der Waals surface area contributed by atoms with E-state index in [9.17, 15) is 4.79 Å². The summed E-state index contributed by atoms with van der Waals surface area (Å²) in [6, 6.07) is 6.02. The number of hydrogen-bond donors (Lipinski definition) is 1. The molecule has 0 bridgehead atoms. The summed E-state index contributed by atoms with van der Waals surface area (Å²) in [5, 5.41) is 3.99. The normalized spacial score (nSPS) is 18.6. The third-order valence-electron chi connectivity index (χ3n) is 3.59. The molecule has 1 aromatic carbocycles. The van der Waals surface area contributed by atoms with Crippen LogP contribution in [0, 0.1) is 0 Å². The summed E-state index contributed by atoms with van der Waals surface area (Å²) >= 11 is 9.46. The van der Waals surface area contributed by atoms with Crippen LogP contribution < -0.4 is 5.32 Å². The zero-order chi connectivity index (χ0) is 13.8. The van der Waals surface area contributed by atoms with Crippen LogP contribution in [0.1, 0.15) is 18.4 Å². The van der Waals surface area contributed by atoms with Gasteiger partial charge in [0.2, 0.25) is 5.91 Å². The molecule has 1 aliphatic heterocycles. The third-order valence-corrected chi connectivity index (χ3v) is 4.60. The Morgan fingerprint density at radius 1 is 1.58 bits per heavy atom. The van der Waals surface area contributed by atoms with E-state index >= 15 is 0 Å². The number of likely N-dealkylation sites (N-methyl/N-ethyl adjacent to an activating group) is 1. The standard InChI is InChI=1S/C14H18BrClN2O/c1-18(12-6-7-17-9-12)14(19)5-2-10-8-11(16)3-4-13(10)15/h3-4,8,12,17H,2,5-7,9H2,1H3. The Bertz CT molecular complexity index is 461. The summed E-state index contributed by atoms with van der Waals surface area (Å²) < 4.78 is 1.01. The molecule has 2 rings (SSSR count). The summed E-state index contributed by atoms with van der Waals surface area (Å²) in [6.45, 7) is 1.91. The van der Waals surface area contributed by atoms with Crippen molar-refractivity contribution in [1.29, 1.82) is 0 Å². The lowest BCUT2D eigenvalue weighted by Crippen LogP contribution is -2.38. The van der Waals surface area contributed by atoms with Crippen LogP contribution in [0.2, 0.25) is 5.02 Å². The Morgan fingerprint density at radius 3 is 3.05 bits per heavy atom. The highest BCUT2D eigenvalue weighted by atomic mass is 79.9. The average Bonchev–Trinajstić information content (AvgIpc) is 2.92. The molecule has 5 heteroatoms. The molecule has 1 amide bonds. The second kappa shape index (κ2) is 6.73. The van der Waals surface area contributed by atoms with Crippen molar-refractivity contribution in [2.24, 2.45) is 0 Å². The van der Waals surface area contributed by atoms with Crippen LogP contribution in [-0.2, 0) is 11.2 Å². The van der Waals surface area contributed by atoms with E-state index in [0.29, 0.717) is 23.9 Å². The maximum Gasteiger partial charge on any atom is 0.222 e. The van der Waals surface area contributed by atoms with Crippen molar-refractivity contribution in [1.82, 2.24) is 10.2 Å². The molecule has 1 heterocycles. The average molecular weight is 346 g/mol. The largest absolute Gasteiger partial charge is 0.341 e. The van der Waals surface area contributed by atoms with Crippen molar-refractivity contribution in [3.05, 3.63) is 33.3 Å². The van der Waals surface area contributed by atoms with Gasteiger partial charge in [0.25, 0.3) is 0 Å². The van der Waals surface area contributed by atoms with E-state index < -0.39 is 0 Å². The molecule has 0 radical (unpaired) electrons. The highest BCUT2D eigenvalue weighted by molar-refractivity contribution is 9.10. The molecule has 1 atom stereocenters. The van der Waals surface area contributed by atoms with Crippen LogP contribution in [0.4, 0.5) is 0 Å². The molecule has 0 aliphatic carbocycles. The van der Waals surface area contributed by atoms with Crippen LogP contribution in [0.5, 0.6) is 0 Å². The monoisotopic (exact) mass is 344 g/mol. The highest BCUT2D eigenvalue weighted by Crippen LogP contribution is 2.22. The first-order valence-electron chi connectivity index (χ1n) is 6.48. The van der Waals surface area contributed by atoms with Gasteiger partial charge in [0.15, 0.2) is 0 Å². The zero-order valence-electron chi connectivity index (χ0n) is 11.0. The fraction of sp³-hybridized carbons (Fsp3) is 0.500. The smallest absolute Gasteiger partial charge is 0.222 e. The van der Waals surface area contributed by atoms with Gasteiger partial charge in [0.05, 0.1) is 0 Å². The highest BCUT2D eigenvalue weighted by Gasteiger charge is 2.22. The number of carbonyl (C=O) groups is 1. The van der Waals surface area contributed by atoms with Gasteiger partial charge in [-0.15, -0.1) is 0 Å². The zero-order valence-corrected chi connectivity index (χ0v) is 13.3. The number of nitrogens with zero attached hydrogens (tertiary/aromatic N) is 1. The number of benzene rings is 1. The Balaban J connectivity index is 1.90. The molecular weight excluding hydrogens is 328 g/mol. The van der Waals surface area contributed by atoms with Crippen LogP contribution in [0.25, 0.3) is 0 Å². The van der Waals surface area contributed by atoms with Gasteiger partial charge in [0.1, 0.15) is 0 Å². The molecule has 19 heavy (non-hydrogen) atoms. The van der Waals surface area contributed by atoms with E-state index in [1.165, 1.54) is 0 Å². The van der Waals surface area contributed by atoms with E-state index in [1.54, 1.807) is 0 Å². The Hall–Kier alpha value is -0.580. The van der Waals surface area contributed by atoms with Crippen molar-refractivity contribution >= 4 is 33.4 Å². The van der Waals surface area contributed by atoms with Gasteiger partial charge in [-0.1, -0.05) is 27.5 Å². The van der Waals surface area contributed by atoms with Crippen molar-refractivity contribution in [3.8, 4) is 0 Å². The molecule has 1 fully saturated rings. The van der Waals surface area contributed by atoms with Crippen molar-refractivity contribution in [2.75, 3.05) is 20.1 Å². The van der Waals surface area contributed by atoms with E-state index in [1.807, 2.05) is 30.1 Å². The van der Waals surface area contributed by atoms with E-state index in [-0.39, 0.29) is 5.91 Å². The molecule has 1 N–H and O–H groups in total. The van der Waals surface area contributed by atoms with E-state index in [0.717, 1.165) is 29.5 Å². The van der Waals surface area contributed by atoms with Crippen LogP contribution >= 0.6 is 27.5 Å². The fourth-order valence-electron chi connectivity index (χ4n) is 2.33. The maximum atomic E-state index is 12.1. The van der Waals surface area contributed by atoms with Gasteiger partial charge in [0, 0.05) is 35.6 Å². The van der Waals surface area contributed by atoms with Gasteiger partial charge >= 0.3 is 0 Å². The first-order chi connectivity index (χ1) is 9.08. The lowest BCUT2D eigenvalue weighted by Gasteiger charge is -2.23. The van der Waals surface area contributed by atoms with Crippen molar-refractivity contribution in [3.63, 3.8) is 0 Å². The maximum absolute atomic E-state index is 12.1. The second-order valence-corrected chi connectivity index (χ2v) is 6.18. The number of nitrogens with one attached hydrogen (secondary N) is 1. The lowest BCUT2D eigenvalue weighted by atomic mass is 10.1. The van der Waals surface area contributed by atoms with Crippen LogP contribution in [-0.4, -0.2) is 37.0 Å². The van der Waals surface area contributed by atoms with Gasteiger partial charge in [-0.2, -0.15) is 0 Å². The van der Waals surface area contributed by atoms with Crippen LogP contribution in [0.15, 0.2) is 22.7 Å². The summed E-state index contributed by atoms with van der Waals surface area (Å²) in [6.07, 6.45) is 2.28. The fourth-order valence-corrected chi connectivity index (χ4v) is 2.97. The third kappa shape index (κ3) is 3.94. The molecule has 1 unspecified atom stereocenters. The number of hydrogen-bond acceptors (Lipinski definition) is 2. The SMILES string of the molecule is CN(C(=O)CCc1cc(Cl)ccc1Br)C1CCNC1. The lowest BCUT2D eigenvalue weighted by molar-refractivity contribution is -0.131. The second-order valence-electron chi connectivity index (χ2n) is 4.89. The van der Waals surface area contributed by atoms with Gasteiger partial charge in [-0.05, 0) is 43.1 Å². The minimum atomic E-state index is 0.195. The van der Waals surface area contributed by atoms with Gasteiger partial charge < -0.3 is 10.2 Å². The van der Waals surface area contributed by atoms with E-state index in [2.05, 4.69) is 21.2 Å². The Labute approximate surface area is 127 Å². The molecule has 1 aliphatic rings. The number of amides is 1. The molecule has 104 valence electrons. The Morgan fingerprint density at radius 2 is 2.37 bits per heavy atom. The number of carbonyl (C=O) groups excluding carboxylic acids is 1. The molecule has 0 aromatic heterocycles. The molecule has 1 saturated heterocycles. The van der Waals surface area contributed by atoms with E-state index in [4.69, 9.17) is 11.6 Å². The summed E-state index contributed by atoms with van der Waals surface area (Å²) in [4.78, 5) is 14.0. The number of aryl methyl sites for hydroxylation is 1. The molecule has 1 aromatic rings. The first-order valence-corrected chi connectivity index (χ1v) is 7.65. The quantitative estimate of drug-likeness (QED) is 0.910. The van der Waals surface area contributed by atoms with Crippen molar-refractivity contribution in [2.45, 2.75) is 25.3 Å². The predicted octanol–water partition coefficient (Wildman–Crippen LogP) is 2.86. The summed E-state index contributed by atoms with van der Waals surface area (Å²) in [5.41, 5.74) is 1.08. The van der Waals surface area contributed by atoms with Crippen LogP contribution in [0.3, 0.4) is 0 Å². The Kier molecular flexibility index (Phi) is 5.25. The topological polar surface area (TPSA) is 32.3 Å². The summed E-state index contributed by atoms with van der Waals surface area (Å²) in [7, 11) is 1.90. The molecule has 0 spiro atoms.